The normalized spacial score (nSPS) is 11.0. The molecule has 0 fully saturated rings. The second kappa shape index (κ2) is 7.55. The van der Waals surface area contributed by atoms with Crippen molar-refractivity contribution in [3.05, 3.63) is 101 Å². The second-order valence-electron chi connectivity index (χ2n) is 5.95. The highest BCUT2D eigenvalue weighted by Crippen LogP contribution is 2.27. The van der Waals surface area contributed by atoms with Gasteiger partial charge < -0.3 is 0 Å². The van der Waals surface area contributed by atoms with Gasteiger partial charge in [0.1, 0.15) is 0 Å². The predicted molar refractivity (Wildman–Crippen MR) is 105 cm³/mol. The van der Waals surface area contributed by atoms with Crippen LogP contribution in [0, 0.1) is 13.8 Å². The number of benzene rings is 3. The quantitative estimate of drug-likeness (QED) is 0.497. The maximum atomic E-state index is 12.9. The molecule has 0 spiro atoms. The minimum Gasteiger partial charge on any atom is -0.289 e. The number of hydrogen-bond donors (Lipinski definition) is 0. The van der Waals surface area contributed by atoms with Crippen molar-refractivity contribution in [3.8, 4) is 0 Å². The van der Waals surface area contributed by atoms with Crippen molar-refractivity contribution < 1.29 is 9.59 Å². The van der Waals surface area contributed by atoms with Crippen LogP contribution in [0.5, 0.6) is 0 Å². The fourth-order valence-electron chi connectivity index (χ4n) is 2.90. The topological polar surface area (TPSA) is 34.1 Å². The summed E-state index contributed by atoms with van der Waals surface area (Å²) in [6.45, 7) is 3.79. The van der Waals surface area contributed by atoms with Crippen molar-refractivity contribution in [3.63, 3.8) is 0 Å². The largest absolute Gasteiger partial charge is 0.289 e. The Morgan fingerprint density at radius 1 is 0.760 bits per heavy atom. The molecule has 0 saturated heterocycles. The molecule has 0 saturated carbocycles. The van der Waals surface area contributed by atoms with Gasteiger partial charge in [-0.2, -0.15) is 0 Å². The van der Waals surface area contributed by atoms with Crippen LogP contribution >= 0.6 is 8.58 Å². The lowest BCUT2D eigenvalue weighted by Gasteiger charge is -2.13. The third-order valence-corrected chi connectivity index (χ3v) is 5.31. The maximum absolute atomic E-state index is 12.9. The molecule has 0 bridgehead atoms. The molecular formula is C22H19O2P. The van der Waals surface area contributed by atoms with Gasteiger partial charge in [-0.3, -0.25) is 9.59 Å². The zero-order valence-corrected chi connectivity index (χ0v) is 15.2. The summed E-state index contributed by atoms with van der Waals surface area (Å²) in [5.74, 6) is -0.0461. The number of hydrogen-bond acceptors (Lipinski definition) is 2. The van der Waals surface area contributed by atoms with Crippen LogP contribution in [0.15, 0.2) is 72.8 Å². The Morgan fingerprint density at radius 2 is 1.36 bits per heavy atom. The van der Waals surface area contributed by atoms with Gasteiger partial charge >= 0.3 is 0 Å². The first-order valence-corrected chi connectivity index (χ1v) is 9.14. The van der Waals surface area contributed by atoms with Gasteiger partial charge in [-0.25, -0.2) is 0 Å². The Kier molecular flexibility index (Phi) is 5.21. The van der Waals surface area contributed by atoms with Crippen molar-refractivity contribution in [1.82, 2.24) is 0 Å². The SMILES string of the molecule is Cc1ccc(C(=O)c2ccccc2)c(C)c1C(=O)Pc1ccccc1. The van der Waals surface area contributed by atoms with E-state index in [2.05, 4.69) is 0 Å². The summed E-state index contributed by atoms with van der Waals surface area (Å²) in [5, 5.41) is 1.01. The molecule has 3 aromatic rings. The van der Waals surface area contributed by atoms with Gasteiger partial charge in [-0.15, -0.1) is 0 Å². The van der Waals surface area contributed by atoms with Crippen molar-refractivity contribution >= 4 is 25.2 Å². The molecule has 3 aromatic carbocycles. The Morgan fingerprint density at radius 3 is 2.00 bits per heavy atom. The molecule has 0 aliphatic rings. The van der Waals surface area contributed by atoms with Crippen LogP contribution in [0.3, 0.4) is 0 Å². The van der Waals surface area contributed by atoms with E-state index in [1.165, 1.54) is 0 Å². The van der Waals surface area contributed by atoms with Crippen LogP contribution in [0.1, 0.15) is 37.4 Å². The summed E-state index contributed by atoms with van der Waals surface area (Å²) in [5.41, 5.74) is 3.65. The number of carbonyl (C=O) groups excluding carboxylic acids is 2. The fourth-order valence-corrected chi connectivity index (χ4v) is 4.03. The van der Waals surface area contributed by atoms with E-state index in [4.69, 9.17) is 0 Å². The highest BCUT2D eigenvalue weighted by atomic mass is 31.1. The molecule has 25 heavy (non-hydrogen) atoms. The Hall–Kier alpha value is -2.57. The molecule has 0 N–H and O–H groups in total. The summed E-state index contributed by atoms with van der Waals surface area (Å²) < 4.78 is 0. The lowest BCUT2D eigenvalue weighted by molar-refractivity contribution is 0.103. The van der Waals surface area contributed by atoms with E-state index < -0.39 is 0 Å². The smallest absolute Gasteiger partial charge is 0.193 e. The summed E-state index contributed by atoms with van der Waals surface area (Å²) in [4.78, 5) is 25.7. The van der Waals surface area contributed by atoms with E-state index in [9.17, 15) is 9.59 Å². The number of carbonyl (C=O) groups is 2. The molecule has 0 amide bonds. The first-order valence-electron chi connectivity index (χ1n) is 8.14. The van der Waals surface area contributed by atoms with Gasteiger partial charge in [-0.1, -0.05) is 72.8 Å². The monoisotopic (exact) mass is 346 g/mol. The Balaban J connectivity index is 1.98. The van der Waals surface area contributed by atoms with Gasteiger partial charge in [-0.05, 0) is 38.9 Å². The van der Waals surface area contributed by atoms with Crippen LogP contribution in [0.2, 0.25) is 0 Å². The van der Waals surface area contributed by atoms with Crippen LogP contribution in [-0.2, 0) is 0 Å². The Labute approximate surface area is 149 Å². The highest BCUT2D eigenvalue weighted by Gasteiger charge is 2.19. The zero-order valence-electron chi connectivity index (χ0n) is 14.2. The van der Waals surface area contributed by atoms with E-state index in [1.807, 2.05) is 74.5 Å². The molecule has 2 nitrogen and oxygen atoms in total. The number of rotatable bonds is 5. The molecule has 0 radical (unpaired) electrons. The van der Waals surface area contributed by atoms with E-state index in [1.54, 1.807) is 12.1 Å². The van der Waals surface area contributed by atoms with E-state index in [-0.39, 0.29) is 19.9 Å². The van der Waals surface area contributed by atoms with Crippen molar-refractivity contribution in [1.29, 1.82) is 0 Å². The van der Waals surface area contributed by atoms with Crippen LogP contribution in [-0.4, -0.2) is 11.3 Å². The second-order valence-corrected chi connectivity index (χ2v) is 7.23. The predicted octanol–water partition coefficient (Wildman–Crippen LogP) is 4.68. The molecular weight excluding hydrogens is 327 g/mol. The van der Waals surface area contributed by atoms with Gasteiger partial charge in [0, 0.05) is 16.7 Å². The number of ketones is 1. The van der Waals surface area contributed by atoms with Gasteiger partial charge in [0.2, 0.25) is 0 Å². The minimum atomic E-state index is -0.0461. The van der Waals surface area contributed by atoms with Crippen LogP contribution in [0.25, 0.3) is 0 Å². The first-order chi connectivity index (χ1) is 12.1. The Bertz CT molecular complexity index is 916. The summed E-state index contributed by atoms with van der Waals surface area (Å²) in [6, 6.07) is 22.6. The molecule has 0 aromatic heterocycles. The van der Waals surface area contributed by atoms with E-state index in [0.717, 1.165) is 16.4 Å². The molecule has 3 rings (SSSR count). The molecule has 124 valence electrons. The molecule has 1 atom stereocenters. The van der Waals surface area contributed by atoms with Crippen LogP contribution in [0.4, 0.5) is 0 Å². The van der Waals surface area contributed by atoms with Crippen molar-refractivity contribution in [2.24, 2.45) is 0 Å². The van der Waals surface area contributed by atoms with Gasteiger partial charge in [0.15, 0.2) is 11.3 Å². The third kappa shape index (κ3) is 3.75. The summed E-state index contributed by atoms with van der Waals surface area (Å²) in [6.07, 6.45) is 0. The lowest BCUT2D eigenvalue weighted by Crippen LogP contribution is -2.10. The first kappa shape index (κ1) is 17.3. The van der Waals surface area contributed by atoms with Crippen molar-refractivity contribution in [2.75, 3.05) is 0 Å². The number of aryl methyl sites for hydroxylation is 1. The average Bonchev–Trinajstić information content (AvgIpc) is 2.63. The molecule has 0 aliphatic carbocycles. The molecule has 1 unspecified atom stereocenters. The molecule has 0 heterocycles. The maximum Gasteiger partial charge on any atom is 0.193 e. The molecule has 0 aliphatic heterocycles. The standard InChI is InChI=1S/C22H19O2P/c1-15-13-14-19(21(23)17-9-5-3-6-10-17)16(2)20(15)22(24)25-18-11-7-4-8-12-18/h3-14,25H,1-2H3. The lowest BCUT2D eigenvalue weighted by atomic mass is 9.93. The zero-order chi connectivity index (χ0) is 17.8. The average molecular weight is 346 g/mol. The third-order valence-electron chi connectivity index (χ3n) is 4.21. The minimum absolute atomic E-state index is 0.0461. The van der Waals surface area contributed by atoms with Crippen LogP contribution < -0.4 is 5.30 Å². The van der Waals surface area contributed by atoms with E-state index >= 15 is 0 Å². The van der Waals surface area contributed by atoms with E-state index in [0.29, 0.717) is 16.7 Å². The van der Waals surface area contributed by atoms with Gasteiger partial charge in [0.05, 0.1) is 0 Å². The fraction of sp³-hybridized carbons (Fsp3) is 0.0909. The summed E-state index contributed by atoms with van der Waals surface area (Å²) >= 11 is 0. The molecule has 3 heteroatoms. The summed E-state index contributed by atoms with van der Waals surface area (Å²) in [7, 11) is 0.0547. The highest BCUT2D eigenvalue weighted by molar-refractivity contribution is 7.66. The van der Waals surface area contributed by atoms with Crippen molar-refractivity contribution in [2.45, 2.75) is 13.8 Å². The van der Waals surface area contributed by atoms with Gasteiger partial charge in [0.25, 0.3) is 0 Å².